The zero-order chi connectivity index (χ0) is 19.9. The molecule has 0 heterocycles. The van der Waals surface area contributed by atoms with E-state index in [0.29, 0.717) is 6.42 Å². The van der Waals surface area contributed by atoms with Gasteiger partial charge in [-0.3, -0.25) is 14.4 Å². The number of carbonyl (C=O) groups is 3. The molecule has 0 aliphatic rings. The molecule has 0 saturated heterocycles. The van der Waals surface area contributed by atoms with Crippen LogP contribution in [0.15, 0.2) is 30.3 Å². The Labute approximate surface area is 155 Å². The largest absolute Gasteiger partial charge is 0.463 e. The summed E-state index contributed by atoms with van der Waals surface area (Å²) in [4.78, 5) is 36.9. The summed E-state index contributed by atoms with van der Waals surface area (Å²) in [6, 6.07) is 9.00. The Hall–Kier alpha value is -2.37. The van der Waals surface area contributed by atoms with E-state index in [1.807, 2.05) is 37.3 Å². The molecule has 6 nitrogen and oxygen atoms in total. The molecular formula is C20H29NO5. The minimum atomic E-state index is -0.555. The molecule has 0 saturated carbocycles. The van der Waals surface area contributed by atoms with E-state index in [1.165, 1.54) is 13.8 Å². The fourth-order valence-electron chi connectivity index (χ4n) is 2.95. The number of rotatable bonds is 8. The molecule has 6 heteroatoms. The number of hydrogen-bond acceptors (Lipinski definition) is 5. The average Bonchev–Trinajstić information content (AvgIpc) is 2.57. The van der Waals surface area contributed by atoms with Crippen LogP contribution in [0, 0.1) is 5.92 Å². The van der Waals surface area contributed by atoms with Crippen molar-refractivity contribution in [2.75, 3.05) is 7.05 Å². The summed E-state index contributed by atoms with van der Waals surface area (Å²) < 4.78 is 10.6. The van der Waals surface area contributed by atoms with Crippen LogP contribution in [0.4, 0.5) is 0 Å². The number of benzene rings is 1. The molecule has 0 unspecified atom stereocenters. The van der Waals surface area contributed by atoms with Gasteiger partial charge in [-0.05, 0) is 25.8 Å². The van der Waals surface area contributed by atoms with Crippen LogP contribution in [0.3, 0.4) is 0 Å². The van der Waals surface area contributed by atoms with Gasteiger partial charge in [-0.1, -0.05) is 37.3 Å². The molecule has 0 aromatic heterocycles. The quantitative estimate of drug-likeness (QED) is 0.664. The molecule has 144 valence electrons. The highest BCUT2D eigenvalue weighted by Crippen LogP contribution is 2.26. The molecule has 1 aromatic rings. The van der Waals surface area contributed by atoms with Crippen molar-refractivity contribution in [3.8, 4) is 0 Å². The van der Waals surface area contributed by atoms with Crippen LogP contribution >= 0.6 is 0 Å². The Balaban J connectivity index is 2.86. The van der Waals surface area contributed by atoms with Crippen LogP contribution in [0.1, 0.15) is 52.7 Å². The van der Waals surface area contributed by atoms with E-state index in [2.05, 4.69) is 0 Å². The van der Waals surface area contributed by atoms with Crippen molar-refractivity contribution in [2.24, 2.45) is 5.92 Å². The van der Waals surface area contributed by atoms with Crippen molar-refractivity contribution in [3.05, 3.63) is 35.9 Å². The average molecular weight is 363 g/mol. The topological polar surface area (TPSA) is 72.9 Å². The number of nitrogens with zero attached hydrogens (tertiary/aromatic N) is 1. The van der Waals surface area contributed by atoms with Gasteiger partial charge in [-0.2, -0.15) is 0 Å². The highest BCUT2D eigenvalue weighted by atomic mass is 16.5. The number of esters is 2. The molecule has 0 aliphatic carbocycles. The van der Waals surface area contributed by atoms with Crippen molar-refractivity contribution in [1.82, 2.24) is 4.90 Å². The SMILES string of the molecule is CC(=O)O[C@H](C)C[C@@H](C)C(=O)N(C)[C@@H](C)[C@@H](OC(C)=O)c1ccccc1. The monoisotopic (exact) mass is 363 g/mol. The lowest BCUT2D eigenvalue weighted by Gasteiger charge is -2.33. The van der Waals surface area contributed by atoms with Gasteiger partial charge >= 0.3 is 11.9 Å². The molecule has 0 radical (unpaired) electrons. The van der Waals surface area contributed by atoms with Crippen molar-refractivity contribution >= 4 is 17.8 Å². The molecule has 0 spiro atoms. The molecule has 4 atom stereocenters. The summed E-state index contributed by atoms with van der Waals surface area (Å²) in [6.07, 6.45) is -0.465. The van der Waals surface area contributed by atoms with Gasteiger partial charge in [-0.25, -0.2) is 0 Å². The van der Waals surface area contributed by atoms with E-state index in [-0.39, 0.29) is 29.9 Å². The lowest BCUT2D eigenvalue weighted by atomic mass is 9.98. The van der Waals surface area contributed by atoms with E-state index in [0.717, 1.165) is 5.56 Å². The Kier molecular flexibility index (Phi) is 8.29. The van der Waals surface area contributed by atoms with Gasteiger partial charge in [0.2, 0.25) is 5.91 Å². The predicted octanol–water partition coefficient (Wildman–Crippen LogP) is 3.12. The Morgan fingerprint density at radius 3 is 2.00 bits per heavy atom. The highest BCUT2D eigenvalue weighted by Gasteiger charge is 2.31. The normalized spacial score (nSPS) is 15.3. The molecule has 0 N–H and O–H groups in total. The molecular weight excluding hydrogens is 334 g/mol. The number of carbonyl (C=O) groups excluding carboxylic acids is 3. The van der Waals surface area contributed by atoms with Crippen LogP contribution in [-0.4, -0.2) is 41.9 Å². The van der Waals surface area contributed by atoms with Crippen LogP contribution in [0.5, 0.6) is 0 Å². The van der Waals surface area contributed by atoms with E-state index < -0.39 is 12.1 Å². The van der Waals surface area contributed by atoms with Crippen LogP contribution in [0.25, 0.3) is 0 Å². The third kappa shape index (κ3) is 6.50. The minimum absolute atomic E-state index is 0.0930. The van der Waals surface area contributed by atoms with Gasteiger partial charge in [0.05, 0.1) is 12.1 Å². The molecule has 26 heavy (non-hydrogen) atoms. The highest BCUT2D eigenvalue weighted by molar-refractivity contribution is 5.78. The first-order chi connectivity index (χ1) is 12.1. The van der Waals surface area contributed by atoms with Gasteiger partial charge in [0.15, 0.2) is 0 Å². The zero-order valence-electron chi connectivity index (χ0n) is 16.4. The van der Waals surface area contributed by atoms with Crippen molar-refractivity contribution in [1.29, 1.82) is 0 Å². The zero-order valence-corrected chi connectivity index (χ0v) is 16.4. The van der Waals surface area contributed by atoms with Crippen LogP contribution < -0.4 is 0 Å². The van der Waals surface area contributed by atoms with E-state index >= 15 is 0 Å². The first-order valence-corrected chi connectivity index (χ1v) is 8.79. The molecule has 0 bridgehead atoms. The summed E-state index contributed by atoms with van der Waals surface area (Å²) in [7, 11) is 1.69. The van der Waals surface area contributed by atoms with E-state index in [1.54, 1.807) is 25.8 Å². The summed E-state index contributed by atoms with van der Waals surface area (Å²) >= 11 is 0. The summed E-state index contributed by atoms with van der Waals surface area (Å²) in [5, 5.41) is 0. The fourth-order valence-corrected chi connectivity index (χ4v) is 2.95. The standard InChI is InChI=1S/C20H29NO5/c1-13(12-14(2)25-16(4)22)20(24)21(6)15(3)19(26-17(5)23)18-10-8-7-9-11-18/h7-11,13-15,19H,12H2,1-6H3/t13-,14-,15+,19-/m1/s1. The number of likely N-dealkylation sites (N-methyl/N-ethyl adjacent to an activating group) is 1. The second kappa shape index (κ2) is 9.94. The van der Waals surface area contributed by atoms with Crippen molar-refractivity contribution < 1.29 is 23.9 Å². The smallest absolute Gasteiger partial charge is 0.303 e. The third-order valence-electron chi connectivity index (χ3n) is 4.29. The lowest BCUT2D eigenvalue weighted by molar-refractivity contribution is -0.154. The lowest BCUT2D eigenvalue weighted by Crippen LogP contribution is -2.43. The summed E-state index contributed by atoms with van der Waals surface area (Å²) in [6.45, 7) is 8.12. The summed E-state index contributed by atoms with van der Waals surface area (Å²) in [5.41, 5.74) is 0.829. The van der Waals surface area contributed by atoms with E-state index in [4.69, 9.17) is 9.47 Å². The maximum absolute atomic E-state index is 12.8. The number of hydrogen-bond donors (Lipinski definition) is 0. The second-order valence-corrected chi connectivity index (χ2v) is 6.69. The maximum atomic E-state index is 12.8. The summed E-state index contributed by atoms with van der Waals surface area (Å²) in [5.74, 6) is -1.18. The van der Waals surface area contributed by atoms with Gasteiger partial charge in [-0.15, -0.1) is 0 Å². The van der Waals surface area contributed by atoms with E-state index in [9.17, 15) is 14.4 Å². The van der Waals surface area contributed by atoms with Gasteiger partial charge in [0, 0.05) is 26.8 Å². The predicted molar refractivity (Wildman–Crippen MR) is 98.2 cm³/mol. The molecule has 1 rings (SSSR count). The molecule has 0 fully saturated rings. The third-order valence-corrected chi connectivity index (χ3v) is 4.29. The molecule has 1 aromatic carbocycles. The minimum Gasteiger partial charge on any atom is -0.463 e. The van der Waals surface area contributed by atoms with Crippen molar-refractivity contribution in [3.63, 3.8) is 0 Å². The van der Waals surface area contributed by atoms with Crippen LogP contribution in [-0.2, 0) is 23.9 Å². The van der Waals surface area contributed by atoms with Gasteiger partial charge in [0.1, 0.15) is 6.10 Å². The Bertz CT molecular complexity index is 616. The first-order valence-electron chi connectivity index (χ1n) is 8.79. The Morgan fingerprint density at radius 1 is 0.962 bits per heavy atom. The second-order valence-electron chi connectivity index (χ2n) is 6.69. The van der Waals surface area contributed by atoms with Gasteiger partial charge < -0.3 is 14.4 Å². The van der Waals surface area contributed by atoms with Gasteiger partial charge in [0.25, 0.3) is 0 Å². The molecule has 0 aliphatic heterocycles. The van der Waals surface area contributed by atoms with Crippen molar-refractivity contribution in [2.45, 2.75) is 59.3 Å². The van der Waals surface area contributed by atoms with Crippen LogP contribution in [0.2, 0.25) is 0 Å². The number of amides is 1. The fraction of sp³-hybridized carbons (Fsp3) is 0.550. The molecule has 1 amide bonds. The maximum Gasteiger partial charge on any atom is 0.303 e. The first kappa shape index (κ1) is 21.7. The Morgan fingerprint density at radius 2 is 1.50 bits per heavy atom. The number of ether oxygens (including phenoxy) is 2.